The minimum atomic E-state index is 0.194. The van der Waals surface area contributed by atoms with Crippen molar-refractivity contribution < 1.29 is 13.1 Å². The van der Waals surface area contributed by atoms with Crippen molar-refractivity contribution in [3.8, 4) is 0 Å². The second kappa shape index (κ2) is 12.2. The third kappa shape index (κ3) is 7.54. The molecule has 3 aromatic rings. The van der Waals surface area contributed by atoms with E-state index in [0.717, 1.165) is 15.4 Å². The van der Waals surface area contributed by atoms with E-state index < -0.39 is 0 Å². The molecule has 0 amide bonds. The van der Waals surface area contributed by atoms with Crippen LogP contribution >= 0.6 is 31.5 Å². The molecule has 1 aromatic heterocycles. The molecule has 0 fully saturated rings. The van der Waals surface area contributed by atoms with Gasteiger partial charge in [-0.05, 0) is 49.6 Å². The number of nitrogens with zero attached hydrogens (tertiary/aromatic N) is 2. The minimum absolute atomic E-state index is 0.194. The van der Waals surface area contributed by atoms with Crippen molar-refractivity contribution in [3.63, 3.8) is 0 Å². The van der Waals surface area contributed by atoms with Gasteiger partial charge < -0.3 is 0 Å². The Labute approximate surface area is 186 Å². The molecule has 0 aliphatic carbocycles. The molecule has 0 saturated carbocycles. The number of benzene rings is 2. The Bertz CT molecular complexity index is 914. The van der Waals surface area contributed by atoms with Crippen LogP contribution in [0.4, 0.5) is 5.69 Å². The topological polar surface area (TPSA) is 24.7 Å². The van der Waals surface area contributed by atoms with E-state index >= 15 is 0 Å². The zero-order valence-corrected chi connectivity index (χ0v) is 19.4. The molecule has 0 aliphatic rings. The third-order valence-electron chi connectivity index (χ3n) is 3.94. The Hall–Kier alpha value is -1.42. The van der Waals surface area contributed by atoms with Crippen molar-refractivity contribution >= 4 is 49.6 Å². The van der Waals surface area contributed by atoms with E-state index in [2.05, 4.69) is 62.2 Å². The summed E-state index contributed by atoms with van der Waals surface area (Å²) < 4.78 is 0. The SMILES string of the molecule is Cc1cc(C)c(N=Cc2ccc(C=NCc3ccccc3)s2)c(C)c1.[Cl][Fe][Cl]. The van der Waals surface area contributed by atoms with Gasteiger partial charge in [0.25, 0.3) is 0 Å². The third-order valence-corrected chi connectivity index (χ3v) is 4.89. The van der Waals surface area contributed by atoms with Gasteiger partial charge in [0.2, 0.25) is 0 Å². The van der Waals surface area contributed by atoms with E-state index in [1.165, 1.54) is 22.3 Å². The first kappa shape index (κ1) is 22.9. The molecule has 6 heteroatoms. The second-order valence-electron chi connectivity index (χ2n) is 6.25. The average Bonchev–Trinajstić information content (AvgIpc) is 3.10. The Morgan fingerprint density at radius 1 is 0.893 bits per heavy atom. The van der Waals surface area contributed by atoms with Crippen LogP contribution in [0, 0.1) is 20.8 Å². The van der Waals surface area contributed by atoms with Gasteiger partial charge in [-0.15, -0.1) is 11.3 Å². The molecule has 0 aliphatic heterocycles. The number of halogens is 2. The Morgan fingerprint density at radius 3 is 2.07 bits per heavy atom. The molecule has 2 aromatic carbocycles. The van der Waals surface area contributed by atoms with Crippen LogP contribution in [0.15, 0.2) is 64.6 Å². The predicted molar refractivity (Wildman–Crippen MR) is 122 cm³/mol. The first-order chi connectivity index (χ1) is 13.5. The van der Waals surface area contributed by atoms with Crippen molar-refractivity contribution in [1.82, 2.24) is 0 Å². The number of thiophene rings is 1. The fourth-order valence-electron chi connectivity index (χ4n) is 2.84. The van der Waals surface area contributed by atoms with Crippen molar-refractivity contribution in [2.45, 2.75) is 27.3 Å². The molecule has 0 saturated heterocycles. The molecular formula is C22H22Cl2FeN2S. The van der Waals surface area contributed by atoms with Gasteiger partial charge in [0.1, 0.15) is 0 Å². The number of rotatable bonds is 5. The van der Waals surface area contributed by atoms with Crippen LogP contribution in [0.1, 0.15) is 32.0 Å². The normalized spacial score (nSPS) is 11.2. The zero-order valence-electron chi connectivity index (χ0n) is 16.0. The first-order valence-corrected chi connectivity index (χ1v) is 12.5. The fraction of sp³-hybridized carbons (Fsp3) is 0.182. The van der Waals surface area contributed by atoms with Gasteiger partial charge in [0.05, 0.1) is 12.2 Å². The van der Waals surface area contributed by atoms with Crippen LogP contribution in [0.2, 0.25) is 0 Å². The van der Waals surface area contributed by atoms with Crippen molar-refractivity contribution in [2.24, 2.45) is 9.98 Å². The summed E-state index contributed by atoms with van der Waals surface area (Å²) in [6.07, 6.45) is 3.89. The Morgan fingerprint density at radius 2 is 1.46 bits per heavy atom. The molecule has 0 unspecified atom stereocenters. The fourth-order valence-corrected chi connectivity index (χ4v) is 3.61. The Balaban J connectivity index is 0.000000878. The van der Waals surface area contributed by atoms with Crippen molar-refractivity contribution in [3.05, 3.63) is 86.6 Å². The van der Waals surface area contributed by atoms with Gasteiger partial charge in [-0.2, -0.15) is 0 Å². The summed E-state index contributed by atoms with van der Waals surface area (Å²) in [5, 5.41) is 0. The summed E-state index contributed by atoms with van der Waals surface area (Å²) in [7, 11) is 9.53. The predicted octanol–water partition coefficient (Wildman–Crippen LogP) is 7.42. The van der Waals surface area contributed by atoms with Crippen LogP contribution in [0.3, 0.4) is 0 Å². The molecule has 28 heavy (non-hydrogen) atoms. The molecule has 0 radical (unpaired) electrons. The van der Waals surface area contributed by atoms with Gasteiger partial charge in [-0.1, -0.05) is 48.0 Å². The van der Waals surface area contributed by atoms with Crippen LogP contribution in [0.5, 0.6) is 0 Å². The van der Waals surface area contributed by atoms with Gasteiger partial charge in [-0.3, -0.25) is 9.98 Å². The maximum atomic E-state index is 4.76. The van der Waals surface area contributed by atoms with E-state index in [9.17, 15) is 0 Å². The number of aryl methyl sites for hydroxylation is 3. The molecule has 2 nitrogen and oxygen atoms in total. The molecule has 0 atom stereocenters. The standard InChI is InChI=1S/C22H22N2S.2ClH.Fe/c1-16-11-17(2)22(18(3)12-16)24-15-21-10-9-20(25-21)14-23-13-19-7-5-4-6-8-19;;;/h4-12,14-15H,13H2,1-3H3;2*1H;/q;;;+2/p-2. The summed E-state index contributed by atoms with van der Waals surface area (Å²) in [5.74, 6) is 0. The summed E-state index contributed by atoms with van der Waals surface area (Å²) in [6.45, 7) is 7.06. The van der Waals surface area contributed by atoms with E-state index in [-0.39, 0.29) is 13.1 Å². The van der Waals surface area contributed by atoms with Gasteiger partial charge in [0.15, 0.2) is 0 Å². The molecule has 0 N–H and O–H groups in total. The molecule has 1 heterocycles. The number of aliphatic imine (C=N–C) groups is 2. The molecule has 0 spiro atoms. The van der Waals surface area contributed by atoms with Crippen molar-refractivity contribution in [2.75, 3.05) is 0 Å². The summed E-state index contributed by atoms with van der Waals surface area (Å²) >= 11 is 1.90. The van der Waals surface area contributed by atoms with Crippen LogP contribution < -0.4 is 0 Å². The van der Waals surface area contributed by atoms with Gasteiger partial charge >= 0.3 is 33.3 Å². The van der Waals surface area contributed by atoms with Crippen LogP contribution in [0.25, 0.3) is 0 Å². The molecule has 148 valence electrons. The second-order valence-corrected chi connectivity index (χ2v) is 9.22. The van der Waals surface area contributed by atoms with Gasteiger partial charge in [0, 0.05) is 22.2 Å². The first-order valence-electron chi connectivity index (χ1n) is 8.64. The quantitative estimate of drug-likeness (QED) is 0.272. The summed E-state index contributed by atoms with van der Waals surface area (Å²) in [6, 6.07) is 18.8. The zero-order chi connectivity index (χ0) is 20.4. The van der Waals surface area contributed by atoms with E-state index in [1.807, 2.05) is 30.6 Å². The molecule has 3 rings (SSSR count). The number of hydrogen-bond acceptors (Lipinski definition) is 3. The Kier molecular flexibility index (Phi) is 9.97. The number of hydrogen-bond donors (Lipinski definition) is 0. The average molecular weight is 473 g/mol. The van der Waals surface area contributed by atoms with E-state index in [1.54, 1.807) is 11.3 Å². The summed E-state index contributed by atoms with van der Waals surface area (Å²) in [4.78, 5) is 11.5. The summed E-state index contributed by atoms with van der Waals surface area (Å²) in [5.41, 5.74) is 6.01. The molecule has 0 bridgehead atoms. The van der Waals surface area contributed by atoms with Crippen molar-refractivity contribution in [1.29, 1.82) is 0 Å². The van der Waals surface area contributed by atoms with Crippen LogP contribution in [-0.2, 0) is 19.7 Å². The monoisotopic (exact) mass is 472 g/mol. The van der Waals surface area contributed by atoms with Gasteiger partial charge in [-0.25, -0.2) is 0 Å². The van der Waals surface area contributed by atoms with E-state index in [4.69, 9.17) is 25.2 Å². The van der Waals surface area contributed by atoms with E-state index in [0.29, 0.717) is 6.54 Å². The molecular weight excluding hydrogens is 451 g/mol. The van der Waals surface area contributed by atoms with Crippen LogP contribution in [-0.4, -0.2) is 12.4 Å². The maximum absolute atomic E-state index is 4.76.